The van der Waals surface area contributed by atoms with E-state index in [-0.39, 0.29) is 26.1 Å². The predicted octanol–water partition coefficient (Wildman–Crippen LogP) is -0.303. The number of nitrogens with two attached hydrogens (primary N) is 1. The van der Waals surface area contributed by atoms with E-state index in [2.05, 4.69) is 10.2 Å². The summed E-state index contributed by atoms with van der Waals surface area (Å²) in [5.74, 6) is -1.14. The molecular weight excluding hydrogens is 274 g/mol. The van der Waals surface area contributed by atoms with Crippen LogP contribution in [0.3, 0.4) is 0 Å². The molecule has 0 rings (SSSR count). The molecule has 118 valence electrons. The van der Waals surface area contributed by atoms with Crippen molar-refractivity contribution in [2.45, 2.75) is 31.7 Å². The van der Waals surface area contributed by atoms with Crippen molar-refractivity contribution in [2.75, 3.05) is 19.8 Å². The Labute approximate surface area is 115 Å². The first-order valence-electron chi connectivity index (χ1n) is 6.14. The van der Waals surface area contributed by atoms with Gasteiger partial charge in [-0.25, -0.2) is 9.59 Å². The largest absolute Gasteiger partial charge is 0.480 e. The quantitative estimate of drug-likeness (QED) is 0.255. The van der Waals surface area contributed by atoms with E-state index in [0.29, 0.717) is 19.4 Å². The Morgan fingerprint density at radius 2 is 1.90 bits per heavy atom. The topological polar surface area (TPSA) is 155 Å². The highest BCUT2D eigenvalue weighted by Gasteiger charge is 2.19. The van der Waals surface area contributed by atoms with Gasteiger partial charge in [-0.15, -0.1) is 0 Å². The Kier molecular flexibility index (Phi) is 10.5. The van der Waals surface area contributed by atoms with Crippen LogP contribution in [0, 0.1) is 0 Å². The Morgan fingerprint density at radius 1 is 1.20 bits per heavy atom. The third-order valence-electron chi connectivity index (χ3n) is 2.27. The number of carbonyl (C=O) groups is 2. The van der Waals surface area contributed by atoms with Crippen LogP contribution in [0.25, 0.3) is 0 Å². The first-order chi connectivity index (χ1) is 9.47. The molecule has 1 amide bonds. The van der Waals surface area contributed by atoms with Crippen molar-refractivity contribution in [3.8, 4) is 0 Å². The number of hydrogen-bond acceptors (Lipinski definition) is 8. The molecule has 20 heavy (non-hydrogen) atoms. The van der Waals surface area contributed by atoms with Gasteiger partial charge in [-0.2, -0.15) is 0 Å². The monoisotopic (exact) mass is 295 g/mol. The SMILES string of the molecule is NCCCCC(NC(=O)OCCCON(O)O)C(=O)O. The fourth-order valence-corrected chi connectivity index (χ4v) is 1.30. The number of alkyl carbamates (subject to hydrolysis) is 1. The number of unbranched alkanes of at least 4 members (excludes halogenated alkanes) is 1. The van der Waals surface area contributed by atoms with E-state index in [4.69, 9.17) is 26.0 Å². The number of aliphatic carboxylic acids is 1. The van der Waals surface area contributed by atoms with Crippen molar-refractivity contribution >= 4 is 12.1 Å². The second-order valence-electron chi connectivity index (χ2n) is 3.90. The third-order valence-corrected chi connectivity index (χ3v) is 2.27. The van der Waals surface area contributed by atoms with Crippen molar-refractivity contribution in [3.05, 3.63) is 0 Å². The molecule has 0 spiro atoms. The lowest BCUT2D eigenvalue weighted by molar-refractivity contribution is -0.492. The molecule has 0 aliphatic heterocycles. The fourth-order valence-electron chi connectivity index (χ4n) is 1.30. The maximum Gasteiger partial charge on any atom is 0.407 e. The van der Waals surface area contributed by atoms with Crippen LogP contribution < -0.4 is 11.1 Å². The Bertz CT molecular complexity index is 288. The summed E-state index contributed by atoms with van der Waals surface area (Å²) in [6.45, 7) is 0.345. The van der Waals surface area contributed by atoms with Crippen LogP contribution >= 0.6 is 0 Å². The van der Waals surface area contributed by atoms with Gasteiger partial charge in [0.05, 0.1) is 18.6 Å². The van der Waals surface area contributed by atoms with Gasteiger partial charge in [-0.3, -0.25) is 15.3 Å². The van der Waals surface area contributed by atoms with E-state index in [1.54, 1.807) is 0 Å². The van der Waals surface area contributed by atoms with E-state index in [0.717, 1.165) is 0 Å². The van der Waals surface area contributed by atoms with Crippen LogP contribution in [0.1, 0.15) is 25.7 Å². The maximum absolute atomic E-state index is 11.3. The van der Waals surface area contributed by atoms with Gasteiger partial charge in [-0.05, 0) is 25.8 Å². The van der Waals surface area contributed by atoms with Crippen molar-refractivity contribution < 1.29 is 34.7 Å². The fraction of sp³-hybridized carbons (Fsp3) is 0.800. The van der Waals surface area contributed by atoms with Gasteiger partial charge in [0.2, 0.25) is 0 Å². The van der Waals surface area contributed by atoms with E-state index in [1.165, 1.54) is 0 Å². The van der Waals surface area contributed by atoms with Crippen molar-refractivity contribution in [3.63, 3.8) is 0 Å². The highest BCUT2D eigenvalue weighted by molar-refractivity contribution is 5.79. The average molecular weight is 295 g/mol. The number of hydrogen-bond donors (Lipinski definition) is 5. The first kappa shape index (κ1) is 18.5. The van der Waals surface area contributed by atoms with Gasteiger partial charge in [0.15, 0.2) is 0 Å². The summed E-state index contributed by atoms with van der Waals surface area (Å²) >= 11 is 0. The summed E-state index contributed by atoms with van der Waals surface area (Å²) in [6.07, 6.45) is 0.904. The molecule has 0 aromatic carbocycles. The van der Waals surface area contributed by atoms with Gasteiger partial charge in [0, 0.05) is 6.42 Å². The highest BCUT2D eigenvalue weighted by atomic mass is 17.1. The number of nitrogens with one attached hydrogen (secondary N) is 1. The molecule has 0 bridgehead atoms. The second kappa shape index (κ2) is 11.4. The second-order valence-corrected chi connectivity index (χ2v) is 3.90. The third kappa shape index (κ3) is 10.5. The van der Waals surface area contributed by atoms with Gasteiger partial charge >= 0.3 is 12.1 Å². The lowest BCUT2D eigenvalue weighted by Crippen LogP contribution is -2.41. The number of carbonyl (C=O) groups excluding carboxylic acids is 1. The zero-order valence-electron chi connectivity index (χ0n) is 11.0. The molecule has 0 radical (unpaired) electrons. The molecule has 1 unspecified atom stereocenters. The molecule has 10 nitrogen and oxygen atoms in total. The van der Waals surface area contributed by atoms with E-state index < -0.39 is 23.5 Å². The zero-order chi connectivity index (χ0) is 15.4. The summed E-state index contributed by atoms with van der Waals surface area (Å²) in [4.78, 5) is 26.4. The molecule has 6 N–H and O–H groups in total. The van der Waals surface area contributed by atoms with Gasteiger partial charge in [0.1, 0.15) is 6.04 Å². The molecular formula is C10H21N3O7. The Morgan fingerprint density at radius 3 is 2.45 bits per heavy atom. The lowest BCUT2D eigenvalue weighted by atomic mass is 10.1. The Hall–Kier alpha value is -1.46. The Balaban J connectivity index is 3.81. The molecule has 0 fully saturated rings. The van der Waals surface area contributed by atoms with Crippen LogP contribution in [-0.4, -0.2) is 58.8 Å². The zero-order valence-corrected chi connectivity index (χ0v) is 11.0. The predicted molar refractivity (Wildman–Crippen MR) is 64.8 cm³/mol. The molecule has 0 saturated carbocycles. The minimum atomic E-state index is -1.14. The van der Waals surface area contributed by atoms with Crippen molar-refractivity contribution in [1.82, 2.24) is 10.7 Å². The molecule has 1 atom stereocenters. The molecule has 0 aromatic rings. The van der Waals surface area contributed by atoms with Crippen LogP contribution in [-0.2, 0) is 14.4 Å². The van der Waals surface area contributed by atoms with E-state index in [1.807, 2.05) is 0 Å². The van der Waals surface area contributed by atoms with Crippen LogP contribution in [0.15, 0.2) is 0 Å². The number of carboxylic acids is 1. The number of carboxylic acid groups (broad SMARTS) is 1. The normalized spacial score (nSPS) is 12.2. The summed E-state index contributed by atoms with van der Waals surface area (Å²) in [5, 5.41) is 27.1. The number of nitrogens with zero attached hydrogens (tertiary/aromatic N) is 1. The molecule has 0 heterocycles. The minimum absolute atomic E-state index is 0.0468. The molecule has 0 aromatic heterocycles. The van der Waals surface area contributed by atoms with E-state index >= 15 is 0 Å². The summed E-state index contributed by atoms with van der Waals surface area (Å²) < 4.78 is 4.71. The van der Waals surface area contributed by atoms with Crippen molar-refractivity contribution in [1.29, 1.82) is 0 Å². The van der Waals surface area contributed by atoms with Crippen LogP contribution in [0.5, 0.6) is 0 Å². The van der Waals surface area contributed by atoms with Crippen LogP contribution in [0.2, 0.25) is 0 Å². The van der Waals surface area contributed by atoms with Gasteiger partial charge in [0.25, 0.3) is 0 Å². The number of amides is 1. The molecule has 0 saturated heterocycles. The highest BCUT2D eigenvalue weighted by Crippen LogP contribution is 2.01. The molecule has 0 aliphatic rings. The average Bonchev–Trinajstić information content (AvgIpc) is 2.36. The minimum Gasteiger partial charge on any atom is -0.480 e. The first-order valence-corrected chi connectivity index (χ1v) is 6.14. The maximum atomic E-state index is 11.3. The smallest absolute Gasteiger partial charge is 0.407 e. The summed E-state index contributed by atoms with van der Waals surface area (Å²) in [7, 11) is 0. The standard InChI is InChI=1S/C10H21N3O7/c11-5-2-1-4-8(9(14)15)12-10(16)19-6-3-7-20-13(17)18/h8,17-18H,1-7,11H2,(H,12,16)(H,14,15). The van der Waals surface area contributed by atoms with Gasteiger partial charge < -0.3 is 20.9 Å². The molecule has 0 aliphatic carbocycles. The van der Waals surface area contributed by atoms with Crippen LogP contribution in [0.4, 0.5) is 4.79 Å². The lowest BCUT2D eigenvalue weighted by Gasteiger charge is -2.14. The summed E-state index contributed by atoms with van der Waals surface area (Å²) in [6, 6.07) is -1.02. The van der Waals surface area contributed by atoms with Gasteiger partial charge in [-0.1, -0.05) is 0 Å². The van der Waals surface area contributed by atoms with E-state index in [9.17, 15) is 9.59 Å². The summed E-state index contributed by atoms with van der Waals surface area (Å²) in [5.41, 5.74) is 5.30. The molecule has 10 heteroatoms. The number of ether oxygens (including phenoxy) is 1. The number of rotatable bonds is 11. The van der Waals surface area contributed by atoms with Crippen molar-refractivity contribution in [2.24, 2.45) is 5.73 Å².